The van der Waals surface area contributed by atoms with E-state index in [2.05, 4.69) is 0 Å². The second-order valence-corrected chi connectivity index (χ2v) is 6.49. The van der Waals surface area contributed by atoms with Crippen molar-refractivity contribution in [2.45, 2.75) is 13.1 Å². The molecule has 0 spiro atoms. The van der Waals surface area contributed by atoms with Gasteiger partial charge in [0.15, 0.2) is 5.75 Å². The van der Waals surface area contributed by atoms with Crippen LogP contribution in [0.4, 0.5) is 13.2 Å². The maximum absolute atomic E-state index is 12.2. The van der Waals surface area contributed by atoms with Crippen molar-refractivity contribution in [2.75, 3.05) is 38.5 Å². The van der Waals surface area contributed by atoms with Gasteiger partial charge in [0.1, 0.15) is 0 Å². The molecule has 1 fully saturated rings. The first-order valence-corrected chi connectivity index (χ1v) is 7.90. The van der Waals surface area contributed by atoms with Crippen molar-refractivity contribution in [3.05, 3.63) is 24.3 Å². The molecule has 1 aliphatic heterocycles. The lowest BCUT2D eigenvalue weighted by Gasteiger charge is -2.33. The van der Waals surface area contributed by atoms with E-state index in [1.807, 2.05) is 36.1 Å². The van der Waals surface area contributed by atoms with E-state index in [4.69, 9.17) is 0 Å². The molecule has 20 heavy (non-hydrogen) atoms. The van der Waals surface area contributed by atoms with Crippen LogP contribution in [0.25, 0.3) is 0 Å². The lowest BCUT2D eigenvalue weighted by Crippen LogP contribution is -2.50. The van der Waals surface area contributed by atoms with Gasteiger partial charge >= 0.3 is 6.18 Å². The number of rotatable bonds is 5. The van der Waals surface area contributed by atoms with E-state index >= 15 is 0 Å². The van der Waals surface area contributed by atoms with E-state index in [1.165, 1.54) is 0 Å². The Balaban J connectivity index is 2.46. The molecule has 116 valence electrons. The van der Waals surface area contributed by atoms with Crippen molar-refractivity contribution in [2.24, 2.45) is 0 Å². The number of allylic oxidation sites excluding steroid dienone is 3. The van der Waals surface area contributed by atoms with Gasteiger partial charge in [0, 0.05) is 32.7 Å². The maximum atomic E-state index is 12.2. The summed E-state index contributed by atoms with van der Waals surface area (Å²) in [5.41, 5.74) is 0. The summed E-state index contributed by atoms with van der Waals surface area (Å²) in [5.74, 6) is -1.78. The summed E-state index contributed by atoms with van der Waals surface area (Å²) >= 11 is 0. The Labute approximate surface area is 117 Å². The van der Waals surface area contributed by atoms with Crippen molar-refractivity contribution < 1.29 is 21.6 Å². The number of halogens is 3. The number of alkyl halides is 3. The number of hydrogen-bond donors (Lipinski definition) is 0. The monoisotopic (exact) mass is 312 g/mol. The summed E-state index contributed by atoms with van der Waals surface area (Å²) in [7, 11) is -4.24. The highest BCUT2D eigenvalue weighted by Crippen LogP contribution is 2.20. The van der Waals surface area contributed by atoms with Crippen molar-refractivity contribution in [1.82, 2.24) is 9.21 Å². The molecular formula is C12H19F3N2O2S. The highest BCUT2D eigenvalue weighted by Gasteiger charge is 2.39. The summed E-state index contributed by atoms with van der Waals surface area (Å²) in [6.07, 6.45) is 2.89. The zero-order valence-electron chi connectivity index (χ0n) is 11.3. The SMILES string of the molecule is C/C=C\C=C\CN1CCN(S(=O)(=O)CC(F)(F)F)CC1. The summed E-state index contributed by atoms with van der Waals surface area (Å²) in [6, 6.07) is 0. The Hall–Kier alpha value is -0.860. The van der Waals surface area contributed by atoms with Crippen LogP contribution in [-0.4, -0.2) is 62.3 Å². The van der Waals surface area contributed by atoms with Crippen LogP contribution in [0.5, 0.6) is 0 Å². The van der Waals surface area contributed by atoms with Crippen LogP contribution < -0.4 is 0 Å². The fourth-order valence-electron chi connectivity index (χ4n) is 1.89. The fraction of sp³-hybridized carbons (Fsp3) is 0.667. The van der Waals surface area contributed by atoms with Gasteiger partial charge in [-0.2, -0.15) is 17.5 Å². The molecule has 0 saturated carbocycles. The lowest BCUT2D eigenvalue weighted by atomic mass is 10.3. The third-order valence-corrected chi connectivity index (χ3v) is 4.72. The average Bonchev–Trinajstić information content (AvgIpc) is 2.32. The van der Waals surface area contributed by atoms with Crippen LogP contribution in [0.3, 0.4) is 0 Å². The van der Waals surface area contributed by atoms with Crippen LogP contribution in [0, 0.1) is 0 Å². The Morgan fingerprint density at radius 1 is 1.10 bits per heavy atom. The van der Waals surface area contributed by atoms with E-state index in [-0.39, 0.29) is 13.1 Å². The second kappa shape index (κ2) is 7.24. The molecular weight excluding hydrogens is 293 g/mol. The molecule has 4 nitrogen and oxygen atoms in total. The average molecular weight is 312 g/mol. The molecule has 1 rings (SSSR count). The van der Waals surface area contributed by atoms with Crippen LogP contribution in [0.2, 0.25) is 0 Å². The van der Waals surface area contributed by atoms with Crippen molar-refractivity contribution in [3.8, 4) is 0 Å². The highest BCUT2D eigenvalue weighted by molar-refractivity contribution is 7.89. The molecule has 0 amide bonds. The molecule has 1 heterocycles. The molecule has 8 heteroatoms. The summed E-state index contributed by atoms with van der Waals surface area (Å²) in [4.78, 5) is 2.00. The molecule has 0 atom stereocenters. The molecule has 1 saturated heterocycles. The highest BCUT2D eigenvalue weighted by atomic mass is 32.2. The third-order valence-electron chi connectivity index (χ3n) is 2.87. The van der Waals surface area contributed by atoms with E-state index in [9.17, 15) is 21.6 Å². The maximum Gasteiger partial charge on any atom is 0.404 e. The van der Waals surface area contributed by atoms with Gasteiger partial charge in [0.25, 0.3) is 0 Å². The summed E-state index contributed by atoms with van der Waals surface area (Å²) in [5, 5.41) is 0. The normalized spacial score (nSPS) is 20.2. The fourth-order valence-corrected chi connectivity index (χ4v) is 3.20. The molecule has 0 unspecified atom stereocenters. The summed E-state index contributed by atoms with van der Waals surface area (Å²) in [6.45, 7) is 3.66. The van der Waals surface area contributed by atoms with Crippen LogP contribution in [-0.2, 0) is 10.0 Å². The Morgan fingerprint density at radius 3 is 2.20 bits per heavy atom. The van der Waals surface area contributed by atoms with Gasteiger partial charge in [-0.25, -0.2) is 8.42 Å². The van der Waals surface area contributed by atoms with Gasteiger partial charge in [0.05, 0.1) is 0 Å². The molecule has 0 aromatic heterocycles. The Bertz CT molecular complexity index is 450. The smallest absolute Gasteiger partial charge is 0.297 e. The predicted octanol–water partition coefficient (Wildman–Crippen LogP) is 1.63. The number of hydrogen-bond acceptors (Lipinski definition) is 3. The van der Waals surface area contributed by atoms with Crippen molar-refractivity contribution in [3.63, 3.8) is 0 Å². The molecule has 0 aromatic carbocycles. The Kier molecular flexibility index (Phi) is 6.22. The topological polar surface area (TPSA) is 40.6 Å². The predicted molar refractivity (Wildman–Crippen MR) is 71.8 cm³/mol. The third kappa shape index (κ3) is 6.06. The van der Waals surface area contributed by atoms with E-state index in [0.29, 0.717) is 19.6 Å². The lowest BCUT2D eigenvalue weighted by molar-refractivity contribution is -0.107. The first-order valence-electron chi connectivity index (χ1n) is 6.29. The molecule has 0 aromatic rings. The van der Waals surface area contributed by atoms with Gasteiger partial charge < -0.3 is 0 Å². The van der Waals surface area contributed by atoms with Gasteiger partial charge in [-0.15, -0.1) is 0 Å². The van der Waals surface area contributed by atoms with Crippen molar-refractivity contribution in [1.29, 1.82) is 0 Å². The second-order valence-electron chi connectivity index (χ2n) is 4.52. The van der Waals surface area contributed by atoms with Crippen LogP contribution in [0.1, 0.15) is 6.92 Å². The van der Waals surface area contributed by atoms with Gasteiger partial charge in [-0.05, 0) is 6.92 Å². The Morgan fingerprint density at radius 2 is 1.70 bits per heavy atom. The van der Waals surface area contributed by atoms with Crippen LogP contribution >= 0.6 is 0 Å². The zero-order chi connectivity index (χ0) is 15.2. The van der Waals surface area contributed by atoms with Crippen molar-refractivity contribution >= 4 is 10.0 Å². The molecule has 0 bridgehead atoms. The number of piperazine rings is 1. The molecule has 0 N–H and O–H groups in total. The standard InChI is InChI=1S/C12H19F3N2O2S/c1-2-3-4-5-6-16-7-9-17(10-8-16)20(18,19)11-12(13,14)15/h2-5H,6-11H2,1H3/b3-2-,5-4+. The van der Waals surface area contributed by atoms with E-state index in [0.717, 1.165) is 4.31 Å². The van der Waals surface area contributed by atoms with Gasteiger partial charge in [0.2, 0.25) is 10.0 Å². The molecule has 1 aliphatic rings. The minimum atomic E-state index is -4.69. The van der Waals surface area contributed by atoms with E-state index in [1.54, 1.807) is 0 Å². The largest absolute Gasteiger partial charge is 0.404 e. The quantitative estimate of drug-likeness (QED) is 0.725. The molecule has 0 aliphatic carbocycles. The first-order chi connectivity index (χ1) is 9.24. The number of sulfonamides is 1. The van der Waals surface area contributed by atoms with Gasteiger partial charge in [-0.3, -0.25) is 4.90 Å². The minimum absolute atomic E-state index is 0.107. The molecule has 0 radical (unpaired) electrons. The van der Waals surface area contributed by atoms with Gasteiger partial charge in [-0.1, -0.05) is 24.3 Å². The summed E-state index contributed by atoms with van der Waals surface area (Å²) < 4.78 is 60.6. The van der Waals surface area contributed by atoms with Crippen LogP contribution in [0.15, 0.2) is 24.3 Å². The zero-order valence-corrected chi connectivity index (χ0v) is 12.1. The minimum Gasteiger partial charge on any atom is -0.297 e. The van der Waals surface area contributed by atoms with E-state index < -0.39 is 22.0 Å². The number of nitrogens with zero attached hydrogens (tertiary/aromatic N) is 2. The first kappa shape index (κ1) is 17.2.